The predicted molar refractivity (Wildman–Crippen MR) is 58.1 cm³/mol. The first-order valence-corrected chi connectivity index (χ1v) is 3.81. The molecule has 0 saturated carbocycles. The first-order chi connectivity index (χ1) is 4.63. The second kappa shape index (κ2) is 9.10. The topological polar surface area (TPSA) is 38.0 Å². The van der Waals surface area contributed by atoms with Crippen LogP contribution in [0, 0.1) is 0 Å². The van der Waals surface area contributed by atoms with Crippen molar-refractivity contribution in [3.63, 3.8) is 0 Å². The number of alkyl halides is 1. The molecule has 2 nitrogen and oxygen atoms in total. The molecular formula is C5H14BiFN2S2. The Morgan fingerprint density at radius 2 is 2.18 bits per heavy atom. The van der Waals surface area contributed by atoms with Crippen LogP contribution in [0.4, 0.5) is 4.39 Å². The van der Waals surface area contributed by atoms with Crippen LogP contribution in [-0.4, -0.2) is 49.8 Å². The number of hydrogen-bond donors (Lipinski definition) is 3. The van der Waals surface area contributed by atoms with Crippen LogP contribution in [0.25, 0.3) is 0 Å². The maximum absolute atomic E-state index is 11.9. The van der Waals surface area contributed by atoms with E-state index in [0.29, 0.717) is 13.0 Å². The summed E-state index contributed by atoms with van der Waals surface area (Å²) in [6.07, 6.45) is 0.144. The van der Waals surface area contributed by atoms with Crippen LogP contribution in [0.1, 0.15) is 6.42 Å². The normalized spacial score (nSPS) is 21.1. The molecule has 0 aromatic heterocycles. The summed E-state index contributed by atoms with van der Waals surface area (Å²) >= 11 is 7.65. The van der Waals surface area contributed by atoms with Crippen molar-refractivity contribution in [2.45, 2.75) is 12.6 Å². The Labute approximate surface area is 96.0 Å². The number of nitrogens with two attached hydrogens (primary N) is 1. The fourth-order valence-electron chi connectivity index (χ4n) is 0.619. The van der Waals surface area contributed by atoms with Gasteiger partial charge in [-0.1, -0.05) is 12.2 Å². The zero-order valence-corrected chi connectivity index (χ0v) is 13.4. The fraction of sp³-hybridized carbons (Fsp3) is 0.800. The van der Waals surface area contributed by atoms with E-state index in [2.05, 4.69) is 30.2 Å². The van der Waals surface area contributed by atoms with E-state index in [1.54, 1.807) is 0 Å². The van der Waals surface area contributed by atoms with Crippen LogP contribution in [0.3, 0.4) is 0 Å². The number of hydrogen-bond acceptors (Lipinski definition) is 2. The molecule has 1 saturated heterocycles. The third kappa shape index (κ3) is 13.9. The van der Waals surface area contributed by atoms with Crippen LogP contribution >= 0.6 is 24.8 Å². The fourth-order valence-corrected chi connectivity index (χ4v) is 0.619. The Morgan fingerprint density at radius 1 is 1.73 bits per heavy atom. The van der Waals surface area contributed by atoms with E-state index < -0.39 is 6.17 Å². The number of halogens is 1. The van der Waals surface area contributed by atoms with E-state index in [-0.39, 0.29) is 30.5 Å². The van der Waals surface area contributed by atoms with Crippen LogP contribution in [0.2, 0.25) is 0 Å². The summed E-state index contributed by atoms with van der Waals surface area (Å²) in [5, 5.41) is 2.90. The molecule has 11 heavy (non-hydrogen) atoms. The van der Waals surface area contributed by atoms with Gasteiger partial charge in [-0.15, -0.1) is 12.6 Å². The summed E-state index contributed by atoms with van der Waals surface area (Å²) < 4.78 is 12.1. The van der Waals surface area contributed by atoms with E-state index >= 15 is 0 Å². The second-order valence-corrected chi connectivity index (χ2v) is 3.15. The van der Waals surface area contributed by atoms with E-state index in [1.807, 2.05) is 0 Å². The zero-order valence-electron chi connectivity index (χ0n) is 6.22. The van der Waals surface area contributed by atoms with Crippen molar-refractivity contribution >= 4 is 55.4 Å². The van der Waals surface area contributed by atoms with Crippen LogP contribution in [0.15, 0.2) is 0 Å². The Kier molecular flexibility index (Phi) is 12.0. The van der Waals surface area contributed by atoms with Gasteiger partial charge in [-0.2, -0.15) is 0 Å². The van der Waals surface area contributed by atoms with E-state index in [4.69, 9.17) is 5.73 Å². The molecule has 6 heteroatoms. The molecule has 0 amide bonds. The van der Waals surface area contributed by atoms with E-state index in [0.717, 1.165) is 6.54 Å². The molecule has 1 rings (SSSR count). The summed E-state index contributed by atoms with van der Waals surface area (Å²) in [6.45, 7) is 1.43. The third-order valence-electron chi connectivity index (χ3n) is 1.00. The van der Waals surface area contributed by atoms with Crippen molar-refractivity contribution in [1.29, 1.82) is 0 Å². The molecule has 1 heterocycles. The zero-order chi connectivity index (χ0) is 7.98. The predicted octanol–water partition coefficient (Wildman–Crippen LogP) is -0.706. The quantitative estimate of drug-likeness (QED) is 0.289. The van der Waals surface area contributed by atoms with Gasteiger partial charge >= 0.3 is 26.2 Å². The number of thiocarbonyl (C=S) groups is 1. The maximum atomic E-state index is 11.9. The SMILES string of the molecule is F[C@H]1CCNC1.NC(=S)S.[BiH3]. The monoisotopic (exact) mass is 394 g/mol. The van der Waals surface area contributed by atoms with Gasteiger partial charge in [0.05, 0.1) is 0 Å². The van der Waals surface area contributed by atoms with Crippen molar-refractivity contribution in [2.24, 2.45) is 5.73 Å². The average molecular weight is 394 g/mol. The van der Waals surface area contributed by atoms with Gasteiger partial charge in [0, 0.05) is 6.54 Å². The summed E-state index contributed by atoms with van der Waals surface area (Å²) in [5.41, 5.74) is 4.71. The van der Waals surface area contributed by atoms with Crippen molar-refractivity contribution < 1.29 is 4.39 Å². The molecule has 1 aliphatic heterocycles. The third-order valence-corrected chi connectivity index (χ3v) is 1.00. The Morgan fingerprint density at radius 3 is 2.27 bits per heavy atom. The average Bonchev–Trinajstić information content (AvgIpc) is 2.15. The van der Waals surface area contributed by atoms with Crippen LogP contribution < -0.4 is 11.1 Å². The van der Waals surface area contributed by atoms with E-state index in [9.17, 15) is 4.39 Å². The minimum absolute atomic E-state index is 0. The molecule has 0 radical (unpaired) electrons. The van der Waals surface area contributed by atoms with Crippen molar-refractivity contribution in [3.8, 4) is 0 Å². The van der Waals surface area contributed by atoms with Gasteiger partial charge in [-0.05, 0) is 13.0 Å². The molecule has 0 aliphatic carbocycles. The van der Waals surface area contributed by atoms with Crippen molar-refractivity contribution in [1.82, 2.24) is 5.32 Å². The minimum atomic E-state index is -0.565. The van der Waals surface area contributed by atoms with Gasteiger partial charge in [-0.25, -0.2) is 4.39 Å². The Hall–Kier alpha value is 1.01. The molecule has 0 unspecified atom stereocenters. The summed E-state index contributed by atoms with van der Waals surface area (Å²) in [6, 6.07) is 0. The molecular weight excluding hydrogens is 380 g/mol. The Balaban J connectivity index is 0. The number of nitrogens with one attached hydrogen (secondary N) is 1. The number of rotatable bonds is 0. The molecule has 1 atom stereocenters. The van der Waals surface area contributed by atoms with Crippen molar-refractivity contribution in [2.75, 3.05) is 13.1 Å². The van der Waals surface area contributed by atoms with E-state index in [1.165, 1.54) is 0 Å². The Bertz CT molecular complexity index is 105. The molecule has 1 aliphatic rings. The molecule has 3 N–H and O–H groups in total. The van der Waals surface area contributed by atoms with Gasteiger partial charge < -0.3 is 11.1 Å². The molecule has 68 valence electrons. The molecule has 0 spiro atoms. The summed E-state index contributed by atoms with van der Waals surface area (Å²) in [5.74, 6) is 0. The first kappa shape index (κ1) is 14.5. The molecule has 0 aromatic carbocycles. The first-order valence-electron chi connectivity index (χ1n) is 2.96. The van der Waals surface area contributed by atoms with Crippen LogP contribution in [-0.2, 0) is 0 Å². The molecule has 0 bridgehead atoms. The van der Waals surface area contributed by atoms with Gasteiger partial charge in [0.2, 0.25) is 0 Å². The molecule has 0 aromatic rings. The van der Waals surface area contributed by atoms with Gasteiger partial charge in [-0.3, -0.25) is 0 Å². The van der Waals surface area contributed by atoms with Gasteiger partial charge in [0.25, 0.3) is 0 Å². The summed E-state index contributed by atoms with van der Waals surface area (Å²) in [7, 11) is 0. The summed E-state index contributed by atoms with van der Waals surface area (Å²) in [4.78, 5) is 0. The number of thiol groups is 1. The standard InChI is InChI=1S/C4H8FN.CH3NS2.Bi.3H/c5-4-1-2-6-3-4;2-1(3)4;;;;/h4,6H,1-3H2;(H3,2,3,4);;;;/t4-;;;;;/m0...../s1. The second-order valence-electron chi connectivity index (χ2n) is 1.93. The van der Waals surface area contributed by atoms with Crippen molar-refractivity contribution in [3.05, 3.63) is 0 Å². The molecule has 1 fully saturated rings. The van der Waals surface area contributed by atoms with Gasteiger partial charge in [0.1, 0.15) is 10.5 Å². The van der Waals surface area contributed by atoms with Gasteiger partial charge in [0.15, 0.2) is 0 Å². The van der Waals surface area contributed by atoms with Crippen LogP contribution in [0.5, 0.6) is 0 Å².